The average Bonchev–Trinajstić information content (AvgIpc) is 2.46. The number of nitrogens with one attached hydrogen (secondary N) is 1. The molecule has 0 saturated carbocycles. The van der Waals surface area contributed by atoms with Crippen molar-refractivity contribution in [3.05, 3.63) is 0 Å². The number of aliphatic carboxylic acids is 1. The lowest BCUT2D eigenvalue weighted by Gasteiger charge is -2.21. The van der Waals surface area contributed by atoms with E-state index in [0.717, 1.165) is 0 Å². The maximum absolute atomic E-state index is 11.7. The van der Waals surface area contributed by atoms with E-state index in [1.54, 1.807) is 20.8 Å². The lowest BCUT2D eigenvalue weighted by atomic mass is 10.2. The van der Waals surface area contributed by atoms with E-state index in [-0.39, 0.29) is 12.5 Å². The molecule has 7 nitrogen and oxygen atoms in total. The number of rotatable bonds is 3. The Morgan fingerprint density at radius 1 is 1.50 bits per heavy atom. The number of alkyl carbamates (subject to hydrolysis) is 1. The fourth-order valence-electron chi connectivity index (χ4n) is 1.64. The first-order valence-corrected chi connectivity index (χ1v) is 5.69. The van der Waals surface area contributed by atoms with Crippen LogP contribution in [0.2, 0.25) is 0 Å². The first kappa shape index (κ1) is 14.3. The van der Waals surface area contributed by atoms with Gasteiger partial charge >= 0.3 is 12.1 Å². The topological polar surface area (TPSA) is 95.9 Å². The molecule has 0 aromatic rings. The molecule has 0 aromatic heterocycles. The van der Waals surface area contributed by atoms with Gasteiger partial charge in [-0.1, -0.05) is 0 Å². The first-order valence-electron chi connectivity index (χ1n) is 5.69. The molecule has 0 spiro atoms. The van der Waals surface area contributed by atoms with E-state index in [1.165, 1.54) is 4.90 Å². The molecule has 1 saturated heterocycles. The number of carbonyl (C=O) groups is 3. The normalized spacial score (nSPS) is 19.8. The maximum atomic E-state index is 11.7. The summed E-state index contributed by atoms with van der Waals surface area (Å²) in [6.45, 7) is 5.15. The van der Waals surface area contributed by atoms with Gasteiger partial charge in [0.05, 0.1) is 0 Å². The summed E-state index contributed by atoms with van der Waals surface area (Å²) >= 11 is 0. The monoisotopic (exact) mass is 258 g/mol. The number of hydrogen-bond donors (Lipinski definition) is 2. The van der Waals surface area contributed by atoms with Crippen molar-refractivity contribution >= 4 is 18.0 Å². The van der Waals surface area contributed by atoms with Gasteiger partial charge in [0, 0.05) is 6.54 Å². The molecule has 2 N–H and O–H groups in total. The first-order chi connectivity index (χ1) is 8.19. The van der Waals surface area contributed by atoms with E-state index in [1.807, 2.05) is 0 Å². The maximum Gasteiger partial charge on any atom is 0.408 e. The lowest BCUT2D eigenvalue weighted by molar-refractivity contribution is -0.143. The van der Waals surface area contributed by atoms with Crippen LogP contribution < -0.4 is 5.32 Å². The van der Waals surface area contributed by atoms with Gasteiger partial charge in [-0.25, -0.2) is 4.79 Å². The largest absolute Gasteiger partial charge is 0.480 e. The minimum atomic E-state index is -1.07. The highest BCUT2D eigenvalue weighted by Crippen LogP contribution is 2.12. The summed E-state index contributed by atoms with van der Waals surface area (Å²) in [6.07, 6.45) is -0.274. The van der Waals surface area contributed by atoms with Crippen molar-refractivity contribution in [2.75, 3.05) is 13.1 Å². The second-order valence-corrected chi connectivity index (χ2v) is 5.14. The smallest absolute Gasteiger partial charge is 0.408 e. The third kappa shape index (κ3) is 4.23. The van der Waals surface area contributed by atoms with Crippen molar-refractivity contribution in [3.63, 3.8) is 0 Å². The summed E-state index contributed by atoms with van der Waals surface area (Å²) in [5.74, 6) is -1.45. The Morgan fingerprint density at radius 2 is 2.11 bits per heavy atom. The summed E-state index contributed by atoms with van der Waals surface area (Å²) in [7, 11) is 0. The van der Waals surface area contributed by atoms with Crippen LogP contribution in [0, 0.1) is 0 Å². The third-order valence-corrected chi connectivity index (χ3v) is 2.31. The zero-order valence-corrected chi connectivity index (χ0v) is 10.7. The molecule has 1 aliphatic rings. The fourth-order valence-corrected chi connectivity index (χ4v) is 1.64. The van der Waals surface area contributed by atoms with Crippen molar-refractivity contribution in [3.8, 4) is 0 Å². The van der Waals surface area contributed by atoms with Crippen LogP contribution in [0.15, 0.2) is 0 Å². The standard InChI is InChI=1S/C11H18N2O5/c1-11(2,3)18-10(17)12-7-4-5-13(9(7)16)6-8(14)15/h7H,4-6H2,1-3H3,(H,12,17)(H,14,15)/t7-/m1/s1. The summed E-state index contributed by atoms with van der Waals surface area (Å²) < 4.78 is 5.03. The summed E-state index contributed by atoms with van der Waals surface area (Å²) in [4.78, 5) is 34.9. The van der Waals surface area contributed by atoms with Gasteiger partial charge in [-0.3, -0.25) is 9.59 Å². The van der Waals surface area contributed by atoms with Gasteiger partial charge in [0.2, 0.25) is 5.91 Å². The van der Waals surface area contributed by atoms with E-state index in [4.69, 9.17) is 9.84 Å². The molecular weight excluding hydrogens is 240 g/mol. The molecule has 0 radical (unpaired) electrons. The number of ether oxygens (including phenoxy) is 1. The molecule has 0 bridgehead atoms. The predicted molar refractivity (Wildman–Crippen MR) is 62.0 cm³/mol. The molecule has 1 atom stereocenters. The van der Waals surface area contributed by atoms with Gasteiger partial charge in [-0.15, -0.1) is 0 Å². The van der Waals surface area contributed by atoms with Crippen molar-refractivity contribution in [2.24, 2.45) is 0 Å². The highest BCUT2D eigenvalue weighted by molar-refractivity contribution is 5.89. The Labute approximate surface area is 105 Å². The molecule has 0 unspecified atom stereocenters. The number of likely N-dealkylation sites (tertiary alicyclic amines) is 1. The summed E-state index contributed by atoms with van der Waals surface area (Å²) in [5, 5.41) is 11.0. The molecule has 18 heavy (non-hydrogen) atoms. The van der Waals surface area contributed by atoms with Crippen LogP contribution in [0.25, 0.3) is 0 Å². The molecule has 1 aliphatic heterocycles. The van der Waals surface area contributed by atoms with Crippen LogP contribution in [-0.2, 0) is 14.3 Å². The lowest BCUT2D eigenvalue weighted by Crippen LogP contribution is -2.44. The highest BCUT2D eigenvalue weighted by Gasteiger charge is 2.34. The zero-order chi connectivity index (χ0) is 13.9. The van der Waals surface area contributed by atoms with Gasteiger partial charge < -0.3 is 20.1 Å². The SMILES string of the molecule is CC(C)(C)OC(=O)N[C@@H]1CCN(CC(=O)O)C1=O. The molecule has 1 fully saturated rings. The molecular formula is C11H18N2O5. The van der Waals surface area contributed by atoms with Crippen LogP contribution in [0.1, 0.15) is 27.2 Å². The van der Waals surface area contributed by atoms with Crippen molar-refractivity contribution < 1.29 is 24.2 Å². The van der Waals surface area contributed by atoms with Crippen LogP contribution in [-0.4, -0.2) is 52.7 Å². The van der Waals surface area contributed by atoms with Gasteiger partial charge in [-0.05, 0) is 27.2 Å². The number of amides is 2. The predicted octanol–water partition coefficient (Wildman–Crippen LogP) is 0.197. The van der Waals surface area contributed by atoms with E-state index in [0.29, 0.717) is 13.0 Å². The van der Waals surface area contributed by atoms with Crippen LogP contribution >= 0.6 is 0 Å². The van der Waals surface area contributed by atoms with Crippen LogP contribution in [0.3, 0.4) is 0 Å². The van der Waals surface area contributed by atoms with Crippen LogP contribution in [0.5, 0.6) is 0 Å². The van der Waals surface area contributed by atoms with Crippen molar-refractivity contribution in [1.82, 2.24) is 10.2 Å². The molecule has 7 heteroatoms. The Hall–Kier alpha value is -1.79. The minimum absolute atomic E-state index is 0.325. The van der Waals surface area contributed by atoms with E-state index in [9.17, 15) is 14.4 Å². The molecule has 2 amide bonds. The highest BCUT2D eigenvalue weighted by atomic mass is 16.6. The van der Waals surface area contributed by atoms with Gasteiger partial charge in [-0.2, -0.15) is 0 Å². The average molecular weight is 258 g/mol. The number of carboxylic acids is 1. The Bertz CT molecular complexity index is 361. The number of carboxylic acid groups (broad SMARTS) is 1. The number of hydrogen-bond acceptors (Lipinski definition) is 4. The summed E-state index contributed by atoms with van der Waals surface area (Å²) in [5.41, 5.74) is -0.632. The second kappa shape index (κ2) is 5.24. The van der Waals surface area contributed by atoms with Crippen molar-refractivity contribution in [1.29, 1.82) is 0 Å². The van der Waals surface area contributed by atoms with E-state index >= 15 is 0 Å². The number of nitrogens with zero attached hydrogens (tertiary/aromatic N) is 1. The third-order valence-electron chi connectivity index (χ3n) is 2.31. The van der Waals surface area contributed by atoms with Gasteiger partial charge in [0.15, 0.2) is 0 Å². The molecule has 1 rings (SSSR count). The molecule has 1 heterocycles. The summed E-state index contributed by atoms with van der Waals surface area (Å²) in [6, 6.07) is -0.695. The number of carbonyl (C=O) groups excluding carboxylic acids is 2. The second-order valence-electron chi connectivity index (χ2n) is 5.14. The molecule has 0 aromatic carbocycles. The Morgan fingerprint density at radius 3 is 2.61 bits per heavy atom. The zero-order valence-electron chi connectivity index (χ0n) is 10.7. The Kier molecular flexibility index (Phi) is 4.15. The Balaban J connectivity index is 2.48. The van der Waals surface area contributed by atoms with Gasteiger partial charge in [0.1, 0.15) is 18.2 Å². The van der Waals surface area contributed by atoms with E-state index < -0.39 is 23.7 Å². The van der Waals surface area contributed by atoms with Crippen LogP contribution in [0.4, 0.5) is 4.79 Å². The minimum Gasteiger partial charge on any atom is -0.480 e. The molecule has 0 aliphatic carbocycles. The molecule has 102 valence electrons. The van der Waals surface area contributed by atoms with E-state index in [2.05, 4.69) is 5.32 Å². The van der Waals surface area contributed by atoms with Crippen molar-refractivity contribution in [2.45, 2.75) is 38.8 Å². The fraction of sp³-hybridized carbons (Fsp3) is 0.727. The quantitative estimate of drug-likeness (QED) is 0.753. The van der Waals surface area contributed by atoms with Gasteiger partial charge in [0.25, 0.3) is 0 Å².